The number of hydrogen-bond donors (Lipinski definition) is 0. The van der Waals surface area contributed by atoms with E-state index in [9.17, 15) is 0 Å². The third kappa shape index (κ3) is 7.90. The number of aryl methyl sites for hydroxylation is 3. The second-order valence-corrected chi connectivity index (χ2v) is 13.4. The number of rotatable bonds is 14. The van der Waals surface area contributed by atoms with Gasteiger partial charge < -0.3 is 9.30 Å². The zero-order valence-corrected chi connectivity index (χ0v) is 32.4. The first-order valence-corrected chi connectivity index (χ1v) is 18.3. The molecule has 7 aromatic rings. The van der Waals surface area contributed by atoms with Gasteiger partial charge in [0.1, 0.15) is 5.82 Å². The fourth-order valence-corrected chi connectivity index (χ4v) is 7.14. The molecule has 0 saturated carbocycles. The SMILES string of the molecule is CCCCCCc1ccc2c(c1)c1ccc(Oc3[c-]c(-n4nc(C)c(-c5ccccc5)c4C)ccc3)[c-]c1n2-c1cc(CCCCC)ccn1.[Pt+2]. The van der Waals surface area contributed by atoms with Crippen LogP contribution in [0.2, 0.25) is 0 Å². The van der Waals surface area contributed by atoms with Crippen LogP contribution in [0.1, 0.15) is 81.3 Å². The van der Waals surface area contributed by atoms with Crippen molar-refractivity contribution in [1.29, 1.82) is 0 Å². The van der Waals surface area contributed by atoms with Gasteiger partial charge in [0.05, 0.1) is 5.69 Å². The molecule has 5 nitrogen and oxygen atoms in total. The predicted molar refractivity (Wildman–Crippen MR) is 206 cm³/mol. The van der Waals surface area contributed by atoms with E-state index < -0.39 is 0 Å². The van der Waals surface area contributed by atoms with Crippen molar-refractivity contribution in [3.8, 4) is 34.1 Å². The summed E-state index contributed by atoms with van der Waals surface area (Å²) in [5.74, 6) is 2.16. The smallest absolute Gasteiger partial charge is 0.509 e. The van der Waals surface area contributed by atoms with Crippen LogP contribution in [0.3, 0.4) is 0 Å². The summed E-state index contributed by atoms with van der Waals surface area (Å²) in [6, 6.07) is 39.0. The minimum atomic E-state index is 0. The predicted octanol–water partition coefficient (Wildman–Crippen LogP) is 11.9. The van der Waals surface area contributed by atoms with Crippen molar-refractivity contribution >= 4 is 21.8 Å². The Morgan fingerprint density at radius 2 is 1.43 bits per heavy atom. The third-order valence-electron chi connectivity index (χ3n) is 9.70. The molecule has 0 unspecified atom stereocenters. The number of benzene rings is 4. The average Bonchev–Trinajstić information content (AvgIpc) is 3.62. The fraction of sp³-hybridized carbons (Fsp3) is 0.289. The Hall–Kier alpha value is -4.47. The van der Waals surface area contributed by atoms with E-state index in [1.807, 2.05) is 41.2 Å². The van der Waals surface area contributed by atoms with E-state index in [4.69, 9.17) is 14.8 Å². The van der Waals surface area contributed by atoms with Gasteiger partial charge in [0.25, 0.3) is 0 Å². The number of fused-ring (bicyclic) bond motifs is 3. The molecule has 0 radical (unpaired) electrons. The molecule has 0 bridgehead atoms. The van der Waals surface area contributed by atoms with Crippen molar-refractivity contribution < 1.29 is 25.8 Å². The van der Waals surface area contributed by atoms with E-state index in [-0.39, 0.29) is 21.1 Å². The van der Waals surface area contributed by atoms with Crippen LogP contribution in [0, 0.1) is 26.0 Å². The molecule has 0 fully saturated rings. The van der Waals surface area contributed by atoms with Crippen LogP contribution in [-0.2, 0) is 33.9 Å². The van der Waals surface area contributed by atoms with Gasteiger partial charge in [-0.05, 0) is 85.5 Å². The molecule has 0 saturated heterocycles. The number of hydrogen-bond acceptors (Lipinski definition) is 3. The minimum absolute atomic E-state index is 0. The van der Waals surface area contributed by atoms with Crippen LogP contribution in [0.5, 0.6) is 11.5 Å². The van der Waals surface area contributed by atoms with Gasteiger partial charge in [-0.15, -0.1) is 35.7 Å². The first-order chi connectivity index (χ1) is 24.5. The molecule has 262 valence electrons. The standard InChI is InChI=1S/C45H46N4O.Pt/c1-5-7-9-12-17-34-22-25-42-41(28-34)40-24-23-39(31-43(40)48(42)44-29-35(26-27-46-44)16-11-8-6-2)50-38-21-15-20-37(30-38)49-33(4)45(32(3)47-49)36-18-13-10-14-19-36;/h10,13-15,18-29H,5-9,11-12,16-17H2,1-4H3;/q-2;+2. The second kappa shape index (κ2) is 16.7. The maximum absolute atomic E-state index is 6.50. The van der Waals surface area contributed by atoms with E-state index in [0.717, 1.165) is 63.3 Å². The van der Waals surface area contributed by atoms with E-state index in [1.54, 1.807) is 0 Å². The summed E-state index contributed by atoms with van der Waals surface area (Å²) in [5, 5.41) is 7.26. The molecule has 7 rings (SSSR count). The summed E-state index contributed by atoms with van der Waals surface area (Å²) >= 11 is 0. The molecular formula is C45H46N4OPt. The molecule has 0 aliphatic heterocycles. The molecule has 3 heterocycles. The van der Waals surface area contributed by atoms with Gasteiger partial charge in [-0.2, -0.15) is 17.2 Å². The van der Waals surface area contributed by atoms with Gasteiger partial charge in [-0.3, -0.25) is 4.68 Å². The van der Waals surface area contributed by atoms with Gasteiger partial charge in [-0.1, -0.05) is 93.9 Å². The van der Waals surface area contributed by atoms with Gasteiger partial charge in [0, 0.05) is 34.5 Å². The first kappa shape index (κ1) is 36.3. The van der Waals surface area contributed by atoms with E-state index in [0.29, 0.717) is 11.5 Å². The Balaban J connectivity index is 0.00000448. The molecule has 3 aromatic heterocycles. The topological polar surface area (TPSA) is 44.9 Å². The van der Waals surface area contributed by atoms with Gasteiger partial charge in [0.15, 0.2) is 0 Å². The monoisotopic (exact) mass is 853 g/mol. The van der Waals surface area contributed by atoms with Crippen molar-refractivity contribution in [2.24, 2.45) is 0 Å². The maximum Gasteiger partial charge on any atom is 2.00 e. The maximum atomic E-state index is 6.50. The third-order valence-corrected chi connectivity index (χ3v) is 9.70. The average molecular weight is 854 g/mol. The van der Waals surface area contributed by atoms with Gasteiger partial charge in [0.2, 0.25) is 0 Å². The summed E-state index contributed by atoms with van der Waals surface area (Å²) in [5.41, 5.74) is 9.95. The molecule has 0 N–H and O–H groups in total. The quantitative estimate of drug-likeness (QED) is 0.0809. The number of unbranched alkanes of at least 4 members (excludes halogenated alkanes) is 5. The largest absolute Gasteiger partial charge is 2.00 e. The number of aromatic nitrogens is 4. The summed E-state index contributed by atoms with van der Waals surface area (Å²) in [4.78, 5) is 4.89. The summed E-state index contributed by atoms with van der Waals surface area (Å²) < 4.78 is 10.7. The number of ether oxygens (including phenoxy) is 1. The van der Waals surface area contributed by atoms with Gasteiger partial charge in [-0.25, -0.2) is 4.98 Å². The zero-order chi connectivity index (χ0) is 34.5. The molecule has 0 aliphatic rings. The Labute approximate surface area is 317 Å². The molecule has 0 spiro atoms. The molecule has 51 heavy (non-hydrogen) atoms. The van der Waals surface area contributed by atoms with Crippen molar-refractivity contribution in [2.45, 2.75) is 85.5 Å². The Morgan fingerprint density at radius 3 is 2.24 bits per heavy atom. The first-order valence-electron chi connectivity index (χ1n) is 18.3. The van der Waals surface area contributed by atoms with E-state index in [2.05, 4.69) is 105 Å². The van der Waals surface area contributed by atoms with Crippen molar-refractivity contribution in [3.05, 3.63) is 132 Å². The minimum Gasteiger partial charge on any atom is -0.509 e. The van der Waals surface area contributed by atoms with E-state index >= 15 is 0 Å². The molecule has 0 atom stereocenters. The molecule has 4 aromatic carbocycles. The Bertz CT molecular complexity index is 2230. The number of nitrogens with zero attached hydrogens (tertiary/aromatic N) is 4. The molecular weight excluding hydrogens is 808 g/mol. The van der Waals surface area contributed by atoms with Crippen molar-refractivity contribution in [1.82, 2.24) is 19.3 Å². The van der Waals surface area contributed by atoms with Crippen LogP contribution >= 0.6 is 0 Å². The van der Waals surface area contributed by atoms with Crippen LogP contribution in [-0.4, -0.2) is 19.3 Å². The summed E-state index contributed by atoms with van der Waals surface area (Å²) in [6.07, 6.45) is 12.7. The molecule has 6 heteroatoms. The molecule has 0 aliphatic carbocycles. The van der Waals surface area contributed by atoms with Crippen LogP contribution < -0.4 is 4.74 Å². The molecule has 0 amide bonds. The zero-order valence-electron chi connectivity index (χ0n) is 30.1. The van der Waals surface area contributed by atoms with Crippen LogP contribution in [0.25, 0.3) is 44.4 Å². The summed E-state index contributed by atoms with van der Waals surface area (Å²) in [7, 11) is 0. The normalized spacial score (nSPS) is 11.3. The fourth-order valence-electron chi connectivity index (χ4n) is 7.14. The summed E-state index contributed by atoms with van der Waals surface area (Å²) in [6.45, 7) is 8.67. The van der Waals surface area contributed by atoms with E-state index in [1.165, 1.54) is 61.5 Å². The van der Waals surface area contributed by atoms with Crippen molar-refractivity contribution in [3.63, 3.8) is 0 Å². The number of pyridine rings is 1. The Morgan fingerprint density at radius 1 is 0.686 bits per heavy atom. The second-order valence-electron chi connectivity index (χ2n) is 13.4. The van der Waals surface area contributed by atoms with Crippen LogP contribution in [0.15, 0.2) is 97.2 Å². The van der Waals surface area contributed by atoms with Crippen molar-refractivity contribution in [2.75, 3.05) is 0 Å². The van der Waals surface area contributed by atoms with Crippen LogP contribution in [0.4, 0.5) is 0 Å². The van der Waals surface area contributed by atoms with Gasteiger partial charge >= 0.3 is 21.1 Å². The Kier molecular flexibility index (Phi) is 11.9.